The van der Waals surface area contributed by atoms with Gasteiger partial charge >= 0.3 is 0 Å². The third-order valence-electron chi connectivity index (χ3n) is 4.42. The molecule has 1 saturated heterocycles. The van der Waals surface area contributed by atoms with E-state index in [1.807, 2.05) is 24.3 Å². The summed E-state index contributed by atoms with van der Waals surface area (Å²) in [5, 5.41) is 6.13. The molecule has 0 bridgehead atoms. The first-order valence-electron chi connectivity index (χ1n) is 7.35. The SMILES string of the molecule is CC1N(c2ccc(Cl)cc2)C(=S)N2Cc3ccccc3CN12. The number of benzene rings is 2. The number of nitrogens with zero attached hydrogens (tertiary/aromatic N) is 3. The molecule has 1 atom stereocenters. The van der Waals surface area contributed by atoms with Crippen molar-refractivity contribution in [3.05, 3.63) is 64.7 Å². The first-order valence-corrected chi connectivity index (χ1v) is 8.13. The molecular weight excluding hydrogens is 314 g/mol. The maximum atomic E-state index is 6.00. The molecule has 0 spiro atoms. The monoisotopic (exact) mass is 329 g/mol. The van der Waals surface area contributed by atoms with Crippen LogP contribution in [0.2, 0.25) is 5.02 Å². The largest absolute Gasteiger partial charge is 0.300 e. The predicted molar refractivity (Wildman–Crippen MR) is 93.5 cm³/mol. The van der Waals surface area contributed by atoms with Crippen LogP contribution in [0.1, 0.15) is 18.1 Å². The molecule has 0 radical (unpaired) electrons. The van der Waals surface area contributed by atoms with E-state index in [-0.39, 0.29) is 6.17 Å². The zero-order valence-electron chi connectivity index (χ0n) is 12.2. The molecule has 0 amide bonds. The van der Waals surface area contributed by atoms with Gasteiger partial charge in [0.25, 0.3) is 0 Å². The van der Waals surface area contributed by atoms with Gasteiger partial charge in [0.1, 0.15) is 6.17 Å². The average molecular weight is 330 g/mol. The quantitative estimate of drug-likeness (QED) is 0.731. The summed E-state index contributed by atoms with van der Waals surface area (Å²) in [6.45, 7) is 3.92. The van der Waals surface area contributed by atoms with Gasteiger partial charge in [-0.3, -0.25) is 5.01 Å². The molecule has 2 heterocycles. The maximum absolute atomic E-state index is 6.00. The number of hydrogen-bond acceptors (Lipinski definition) is 2. The van der Waals surface area contributed by atoms with Crippen molar-refractivity contribution in [3.63, 3.8) is 0 Å². The molecule has 0 saturated carbocycles. The fraction of sp³-hybridized carbons (Fsp3) is 0.235. The highest BCUT2D eigenvalue weighted by Gasteiger charge is 2.41. The molecule has 0 N–H and O–H groups in total. The Balaban J connectivity index is 1.69. The van der Waals surface area contributed by atoms with Crippen molar-refractivity contribution in [3.8, 4) is 0 Å². The molecule has 112 valence electrons. The number of thiocarbonyl (C=S) groups is 1. The van der Waals surface area contributed by atoms with E-state index in [0.29, 0.717) is 0 Å². The third-order valence-corrected chi connectivity index (χ3v) is 5.08. The Labute approximate surface area is 140 Å². The molecule has 4 rings (SSSR count). The summed E-state index contributed by atoms with van der Waals surface area (Å²) in [6, 6.07) is 16.5. The summed E-state index contributed by atoms with van der Waals surface area (Å²) in [5.41, 5.74) is 3.82. The summed E-state index contributed by atoms with van der Waals surface area (Å²) < 4.78 is 0. The van der Waals surface area contributed by atoms with Gasteiger partial charge in [-0.25, -0.2) is 0 Å². The average Bonchev–Trinajstić information content (AvgIpc) is 2.78. The van der Waals surface area contributed by atoms with Crippen LogP contribution < -0.4 is 4.90 Å². The van der Waals surface area contributed by atoms with Crippen LogP contribution >= 0.6 is 23.8 Å². The van der Waals surface area contributed by atoms with Crippen molar-refractivity contribution in [1.29, 1.82) is 0 Å². The van der Waals surface area contributed by atoms with E-state index in [9.17, 15) is 0 Å². The second-order valence-corrected chi connectivity index (χ2v) is 6.49. The van der Waals surface area contributed by atoms with E-state index >= 15 is 0 Å². The Kier molecular flexibility index (Phi) is 3.33. The second kappa shape index (κ2) is 5.23. The Morgan fingerprint density at radius 2 is 1.64 bits per heavy atom. The summed E-state index contributed by atoms with van der Waals surface area (Å²) in [7, 11) is 0. The minimum absolute atomic E-state index is 0.196. The molecular formula is C17H16ClN3S. The summed E-state index contributed by atoms with van der Waals surface area (Å²) in [5.74, 6) is 0. The van der Waals surface area contributed by atoms with Crippen LogP contribution in [0.4, 0.5) is 5.69 Å². The number of rotatable bonds is 1. The summed E-state index contributed by atoms with van der Waals surface area (Å²) >= 11 is 11.7. The fourth-order valence-electron chi connectivity index (χ4n) is 3.23. The van der Waals surface area contributed by atoms with E-state index in [2.05, 4.69) is 46.1 Å². The van der Waals surface area contributed by atoms with Crippen LogP contribution in [0.5, 0.6) is 0 Å². The second-order valence-electron chi connectivity index (χ2n) is 5.68. The first kappa shape index (κ1) is 14.0. The van der Waals surface area contributed by atoms with Gasteiger partial charge in [-0.1, -0.05) is 35.9 Å². The van der Waals surface area contributed by atoms with Crippen molar-refractivity contribution in [2.24, 2.45) is 0 Å². The standard InChI is InChI=1S/C17H16ClN3S/c1-12-19-10-13-4-2-3-5-14(13)11-20(19)17(22)21(12)16-8-6-15(18)7-9-16/h2-9,12H,10-11H2,1H3. The van der Waals surface area contributed by atoms with Crippen LogP contribution in [-0.2, 0) is 13.1 Å². The topological polar surface area (TPSA) is 9.72 Å². The van der Waals surface area contributed by atoms with Gasteiger partial charge in [-0.15, -0.1) is 0 Å². The summed E-state index contributed by atoms with van der Waals surface area (Å²) in [4.78, 5) is 2.19. The molecule has 0 aromatic heterocycles. The first-order chi connectivity index (χ1) is 10.6. The van der Waals surface area contributed by atoms with Crippen LogP contribution in [0.25, 0.3) is 0 Å². The van der Waals surface area contributed by atoms with Crippen LogP contribution in [0.3, 0.4) is 0 Å². The van der Waals surface area contributed by atoms with Gasteiger partial charge in [0, 0.05) is 17.3 Å². The number of hydrogen-bond donors (Lipinski definition) is 0. The minimum Gasteiger partial charge on any atom is -0.300 e. The molecule has 2 aromatic rings. The third kappa shape index (κ3) is 2.10. The zero-order valence-corrected chi connectivity index (χ0v) is 13.8. The normalized spacial score (nSPS) is 21.0. The Hall–Kier alpha value is -1.62. The lowest BCUT2D eigenvalue weighted by molar-refractivity contribution is 0.0138. The van der Waals surface area contributed by atoms with Gasteiger partial charge < -0.3 is 4.90 Å². The lowest BCUT2D eigenvalue weighted by Gasteiger charge is -2.35. The van der Waals surface area contributed by atoms with E-state index in [0.717, 1.165) is 28.9 Å². The number of fused-ring (bicyclic) bond motifs is 2. The van der Waals surface area contributed by atoms with Gasteiger partial charge in [0.2, 0.25) is 0 Å². The fourth-order valence-corrected chi connectivity index (χ4v) is 3.79. The Bertz CT molecular complexity index is 731. The molecule has 2 aliphatic rings. The van der Waals surface area contributed by atoms with E-state index < -0.39 is 0 Å². The Morgan fingerprint density at radius 1 is 1.00 bits per heavy atom. The van der Waals surface area contributed by atoms with Crippen LogP contribution in [0, 0.1) is 0 Å². The molecule has 22 heavy (non-hydrogen) atoms. The lowest BCUT2D eigenvalue weighted by Crippen LogP contribution is -2.43. The number of anilines is 1. The molecule has 5 heteroatoms. The number of halogens is 1. The van der Waals surface area contributed by atoms with Crippen molar-refractivity contribution < 1.29 is 0 Å². The van der Waals surface area contributed by atoms with E-state index in [1.54, 1.807) is 0 Å². The molecule has 1 unspecified atom stereocenters. The van der Waals surface area contributed by atoms with E-state index in [1.165, 1.54) is 11.1 Å². The molecule has 0 aliphatic carbocycles. The molecule has 2 aliphatic heterocycles. The van der Waals surface area contributed by atoms with Crippen LogP contribution in [0.15, 0.2) is 48.5 Å². The smallest absolute Gasteiger partial charge is 0.192 e. The van der Waals surface area contributed by atoms with Gasteiger partial charge in [-0.2, -0.15) is 5.01 Å². The van der Waals surface area contributed by atoms with Gasteiger partial charge in [0.05, 0.1) is 6.54 Å². The molecule has 1 fully saturated rings. The van der Waals surface area contributed by atoms with E-state index in [4.69, 9.17) is 23.8 Å². The number of hydrazine groups is 1. The highest BCUT2D eigenvalue weighted by Crippen LogP contribution is 2.34. The van der Waals surface area contributed by atoms with Crippen molar-refractivity contribution in [1.82, 2.24) is 10.0 Å². The minimum atomic E-state index is 0.196. The van der Waals surface area contributed by atoms with Crippen LogP contribution in [-0.4, -0.2) is 21.3 Å². The van der Waals surface area contributed by atoms with Crippen molar-refractivity contribution >= 4 is 34.6 Å². The van der Waals surface area contributed by atoms with Gasteiger partial charge in [0.15, 0.2) is 5.11 Å². The Morgan fingerprint density at radius 3 is 2.32 bits per heavy atom. The molecule has 2 aromatic carbocycles. The predicted octanol–water partition coefficient (Wildman–Crippen LogP) is 4.02. The summed E-state index contributed by atoms with van der Waals surface area (Å²) in [6.07, 6.45) is 0.196. The zero-order chi connectivity index (χ0) is 15.3. The highest BCUT2D eigenvalue weighted by molar-refractivity contribution is 7.80. The highest BCUT2D eigenvalue weighted by atomic mass is 35.5. The maximum Gasteiger partial charge on any atom is 0.192 e. The van der Waals surface area contributed by atoms with Crippen molar-refractivity contribution in [2.45, 2.75) is 26.2 Å². The lowest BCUT2D eigenvalue weighted by atomic mass is 10.1. The molecule has 3 nitrogen and oxygen atoms in total. The van der Waals surface area contributed by atoms with Crippen molar-refractivity contribution in [2.75, 3.05) is 4.90 Å². The van der Waals surface area contributed by atoms with Gasteiger partial charge in [-0.05, 0) is 54.5 Å².